The van der Waals surface area contributed by atoms with E-state index in [2.05, 4.69) is 33.4 Å². The summed E-state index contributed by atoms with van der Waals surface area (Å²) < 4.78 is 2.87. The second-order valence-electron chi connectivity index (χ2n) is 4.30. The van der Waals surface area contributed by atoms with Gasteiger partial charge in [0.2, 0.25) is 0 Å². The molecule has 6 heteroatoms. The summed E-state index contributed by atoms with van der Waals surface area (Å²) in [4.78, 5) is 0. The molecule has 4 nitrogen and oxygen atoms in total. The Bertz CT molecular complexity index is 555. The van der Waals surface area contributed by atoms with Crippen LogP contribution >= 0.6 is 27.5 Å². The number of aryl methyl sites for hydroxylation is 1. The molecule has 1 heterocycles. The Kier molecular flexibility index (Phi) is 4.99. The summed E-state index contributed by atoms with van der Waals surface area (Å²) in [5.41, 5.74) is 4.72. The molecule has 0 fully saturated rings. The second kappa shape index (κ2) is 6.52. The Morgan fingerprint density at radius 1 is 1.53 bits per heavy atom. The topological polar surface area (TPSA) is 55.9 Å². The monoisotopic (exact) mass is 342 g/mol. The van der Waals surface area contributed by atoms with Crippen LogP contribution in [-0.2, 0) is 6.54 Å². The Morgan fingerprint density at radius 2 is 2.32 bits per heavy atom. The molecular formula is C13H16BrClN4. The highest BCUT2D eigenvalue weighted by molar-refractivity contribution is 9.10. The standard InChI is InChI=1S/C13H16BrClN4/c1-2-5-19-8-9(7-17-19)13(18-16)11-6-10(14)3-4-12(11)15/h3-4,6-8,13,18H,2,5,16H2,1H3. The number of nitrogens with one attached hydrogen (secondary N) is 1. The summed E-state index contributed by atoms with van der Waals surface area (Å²) in [6, 6.07) is 5.54. The van der Waals surface area contributed by atoms with E-state index in [-0.39, 0.29) is 6.04 Å². The van der Waals surface area contributed by atoms with Crippen molar-refractivity contribution in [1.29, 1.82) is 0 Å². The van der Waals surface area contributed by atoms with Gasteiger partial charge in [-0.15, -0.1) is 0 Å². The van der Waals surface area contributed by atoms with Crippen molar-refractivity contribution in [2.45, 2.75) is 25.9 Å². The van der Waals surface area contributed by atoms with E-state index in [0.29, 0.717) is 5.02 Å². The molecule has 0 aliphatic carbocycles. The van der Waals surface area contributed by atoms with Crippen LogP contribution in [0.25, 0.3) is 0 Å². The number of nitrogens with zero attached hydrogens (tertiary/aromatic N) is 2. The van der Waals surface area contributed by atoms with Gasteiger partial charge in [0.25, 0.3) is 0 Å². The van der Waals surface area contributed by atoms with Crippen LogP contribution in [0.4, 0.5) is 0 Å². The Morgan fingerprint density at radius 3 is 3.00 bits per heavy atom. The normalized spacial score (nSPS) is 12.6. The molecule has 0 saturated carbocycles. The lowest BCUT2D eigenvalue weighted by molar-refractivity contribution is 0.598. The number of halogens is 2. The molecule has 0 bridgehead atoms. The summed E-state index contributed by atoms with van der Waals surface area (Å²) >= 11 is 9.69. The first-order chi connectivity index (χ1) is 9.15. The molecule has 1 unspecified atom stereocenters. The van der Waals surface area contributed by atoms with Crippen molar-refractivity contribution in [3.05, 3.63) is 51.2 Å². The van der Waals surface area contributed by atoms with E-state index in [1.54, 1.807) is 0 Å². The Hall–Kier alpha value is -0.880. The molecule has 0 aliphatic rings. The van der Waals surface area contributed by atoms with E-state index in [1.165, 1.54) is 0 Å². The maximum absolute atomic E-state index is 6.24. The zero-order valence-corrected chi connectivity index (χ0v) is 12.9. The van der Waals surface area contributed by atoms with Gasteiger partial charge < -0.3 is 0 Å². The quantitative estimate of drug-likeness (QED) is 0.647. The minimum atomic E-state index is -0.171. The van der Waals surface area contributed by atoms with Crippen LogP contribution in [0.2, 0.25) is 5.02 Å². The van der Waals surface area contributed by atoms with E-state index < -0.39 is 0 Å². The van der Waals surface area contributed by atoms with Crippen LogP contribution in [-0.4, -0.2) is 9.78 Å². The predicted octanol–water partition coefficient (Wildman–Crippen LogP) is 3.26. The van der Waals surface area contributed by atoms with Crippen LogP contribution in [0.15, 0.2) is 35.1 Å². The summed E-state index contributed by atoms with van der Waals surface area (Å²) in [5, 5.41) is 4.99. The highest BCUT2D eigenvalue weighted by Crippen LogP contribution is 2.30. The predicted molar refractivity (Wildman–Crippen MR) is 80.8 cm³/mol. The molecular weight excluding hydrogens is 328 g/mol. The summed E-state index contributed by atoms with van der Waals surface area (Å²) in [7, 11) is 0. The second-order valence-corrected chi connectivity index (χ2v) is 5.63. The molecule has 0 aliphatic heterocycles. The van der Waals surface area contributed by atoms with Crippen LogP contribution in [0, 0.1) is 0 Å². The minimum Gasteiger partial charge on any atom is -0.272 e. The molecule has 1 atom stereocenters. The van der Waals surface area contributed by atoms with Crippen LogP contribution in [0.1, 0.15) is 30.5 Å². The van der Waals surface area contributed by atoms with E-state index in [4.69, 9.17) is 17.4 Å². The van der Waals surface area contributed by atoms with Crippen LogP contribution in [0.3, 0.4) is 0 Å². The number of aromatic nitrogens is 2. The van der Waals surface area contributed by atoms with Crippen molar-refractivity contribution in [3.63, 3.8) is 0 Å². The number of hydrogen-bond acceptors (Lipinski definition) is 3. The van der Waals surface area contributed by atoms with Gasteiger partial charge in [0.1, 0.15) is 0 Å². The number of rotatable bonds is 5. The lowest BCUT2D eigenvalue weighted by Crippen LogP contribution is -2.28. The maximum Gasteiger partial charge on any atom is 0.0755 e. The highest BCUT2D eigenvalue weighted by atomic mass is 79.9. The molecule has 1 aromatic carbocycles. The van der Waals surface area contributed by atoms with Gasteiger partial charge in [-0.25, -0.2) is 5.43 Å². The van der Waals surface area contributed by atoms with Gasteiger partial charge in [-0.1, -0.05) is 34.5 Å². The third-order valence-corrected chi connectivity index (χ3v) is 3.71. The van der Waals surface area contributed by atoms with E-state index >= 15 is 0 Å². The van der Waals surface area contributed by atoms with Crippen molar-refractivity contribution in [1.82, 2.24) is 15.2 Å². The van der Waals surface area contributed by atoms with Crippen molar-refractivity contribution in [2.75, 3.05) is 0 Å². The van der Waals surface area contributed by atoms with Gasteiger partial charge in [0.15, 0.2) is 0 Å². The Balaban J connectivity index is 2.35. The third-order valence-electron chi connectivity index (χ3n) is 2.87. The molecule has 102 valence electrons. The molecule has 0 spiro atoms. The Labute approximate surface area is 126 Å². The molecule has 2 rings (SSSR count). The summed E-state index contributed by atoms with van der Waals surface area (Å²) in [5.74, 6) is 5.68. The fourth-order valence-corrected chi connectivity index (χ4v) is 2.59. The number of nitrogens with two attached hydrogens (primary N) is 1. The summed E-state index contributed by atoms with van der Waals surface area (Å²) in [6.45, 7) is 3.01. The molecule has 19 heavy (non-hydrogen) atoms. The first-order valence-electron chi connectivity index (χ1n) is 6.09. The smallest absolute Gasteiger partial charge is 0.0755 e. The van der Waals surface area contributed by atoms with Gasteiger partial charge in [0, 0.05) is 27.8 Å². The molecule has 0 amide bonds. The maximum atomic E-state index is 6.24. The zero-order chi connectivity index (χ0) is 13.8. The van der Waals surface area contributed by atoms with Crippen LogP contribution < -0.4 is 11.3 Å². The van der Waals surface area contributed by atoms with Gasteiger partial charge in [-0.3, -0.25) is 10.5 Å². The first-order valence-corrected chi connectivity index (χ1v) is 7.26. The van der Waals surface area contributed by atoms with Crippen LogP contribution in [0.5, 0.6) is 0 Å². The molecule has 0 saturated heterocycles. The SMILES string of the molecule is CCCn1cc(C(NN)c2cc(Br)ccc2Cl)cn1. The van der Waals surface area contributed by atoms with Crippen molar-refractivity contribution in [3.8, 4) is 0 Å². The fourth-order valence-electron chi connectivity index (χ4n) is 1.98. The number of hydrazine groups is 1. The van der Waals surface area contributed by atoms with Gasteiger partial charge in [-0.05, 0) is 30.2 Å². The average molecular weight is 344 g/mol. The lowest BCUT2D eigenvalue weighted by atomic mass is 10.0. The van der Waals surface area contributed by atoms with E-state index in [0.717, 1.165) is 28.6 Å². The van der Waals surface area contributed by atoms with Crippen molar-refractivity contribution < 1.29 is 0 Å². The number of benzene rings is 1. The molecule has 3 N–H and O–H groups in total. The van der Waals surface area contributed by atoms with E-state index in [1.807, 2.05) is 35.3 Å². The van der Waals surface area contributed by atoms with Crippen molar-refractivity contribution >= 4 is 27.5 Å². The highest BCUT2D eigenvalue weighted by Gasteiger charge is 2.17. The first kappa shape index (κ1) is 14.5. The van der Waals surface area contributed by atoms with E-state index in [9.17, 15) is 0 Å². The lowest BCUT2D eigenvalue weighted by Gasteiger charge is -2.16. The summed E-state index contributed by atoms with van der Waals surface area (Å²) in [6.07, 6.45) is 4.85. The molecule has 0 radical (unpaired) electrons. The molecule has 1 aromatic heterocycles. The zero-order valence-electron chi connectivity index (χ0n) is 10.6. The van der Waals surface area contributed by atoms with Crippen molar-refractivity contribution in [2.24, 2.45) is 5.84 Å². The van der Waals surface area contributed by atoms with Gasteiger partial charge in [-0.2, -0.15) is 5.10 Å². The average Bonchev–Trinajstić information content (AvgIpc) is 2.83. The third kappa shape index (κ3) is 3.36. The minimum absolute atomic E-state index is 0.171. The molecule has 2 aromatic rings. The van der Waals surface area contributed by atoms with Gasteiger partial charge >= 0.3 is 0 Å². The van der Waals surface area contributed by atoms with Gasteiger partial charge in [0.05, 0.1) is 12.2 Å². The fraction of sp³-hybridized carbons (Fsp3) is 0.308. The number of hydrogen-bond donors (Lipinski definition) is 2. The largest absolute Gasteiger partial charge is 0.272 e.